The van der Waals surface area contributed by atoms with Gasteiger partial charge in [0.15, 0.2) is 11.0 Å². The lowest BCUT2D eigenvalue weighted by molar-refractivity contribution is -0.344. The number of hydrogen-bond acceptors (Lipinski definition) is 4. The van der Waals surface area contributed by atoms with E-state index in [0.29, 0.717) is 0 Å². The van der Waals surface area contributed by atoms with Crippen molar-refractivity contribution in [1.29, 1.82) is 0 Å². The van der Waals surface area contributed by atoms with Crippen LogP contribution >= 0.6 is 0 Å². The fourth-order valence-electron chi connectivity index (χ4n) is 0.926. The first-order valence-electron chi connectivity index (χ1n) is 3.98. The fourth-order valence-corrected chi connectivity index (χ4v) is 0.926. The molecule has 15 heavy (non-hydrogen) atoms. The maximum Gasteiger partial charge on any atom is 0.240 e. The van der Waals surface area contributed by atoms with Crippen LogP contribution in [0.5, 0.6) is 0 Å². The molecule has 0 aliphatic heterocycles. The second-order valence-corrected chi connectivity index (χ2v) is 3.70. The fraction of sp³-hybridized carbons (Fsp3) is 0.125. The number of para-hydroxylation sites is 2. The quantitative estimate of drug-likeness (QED) is 0.554. The Bertz CT molecular complexity index is 490. The summed E-state index contributed by atoms with van der Waals surface area (Å²) in [5.74, 6) is 0. The molecule has 7 heteroatoms. The van der Waals surface area contributed by atoms with Crippen molar-refractivity contribution in [3.63, 3.8) is 0 Å². The summed E-state index contributed by atoms with van der Waals surface area (Å²) in [6.45, 7) is 0. The third-order valence-electron chi connectivity index (χ3n) is 1.59. The Morgan fingerprint density at radius 2 is 2.00 bits per heavy atom. The van der Waals surface area contributed by atoms with Crippen molar-refractivity contribution in [2.45, 2.75) is 0 Å². The minimum Gasteiger partial charge on any atom is -0.726 e. The zero-order valence-electron chi connectivity index (χ0n) is 7.93. The minimum atomic E-state index is -4.41. The van der Waals surface area contributed by atoms with E-state index in [9.17, 15) is 13.0 Å². The highest BCUT2D eigenvalue weighted by Crippen LogP contribution is 2.01. The van der Waals surface area contributed by atoms with E-state index in [4.69, 9.17) is 0 Å². The van der Waals surface area contributed by atoms with Gasteiger partial charge in [-0.15, -0.1) is 0 Å². The highest BCUT2D eigenvalue weighted by atomic mass is 32.3. The number of benzene rings is 1. The van der Waals surface area contributed by atoms with Crippen LogP contribution in [-0.4, -0.2) is 25.1 Å². The highest BCUT2D eigenvalue weighted by molar-refractivity contribution is 7.80. The van der Waals surface area contributed by atoms with Crippen LogP contribution in [0.2, 0.25) is 0 Å². The Labute approximate surface area is 86.9 Å². The standard InChI is InChI=1S/C7H6N2.CH4O4S/c1-2-4-7-6(3-1)8-5-9-7;1-5-6(2,3)4/h1-5H,(H,8,9);1H3,(H,2,3,4). The van der Waals surface area contributed by atoms with Gasteiger partial charge < -0.3 is 4.55 Å². The van der Waals surface area contributed by atoms with Crippen molar-refractivity contribution in [3.05, 3.63) is 30.6 Å². The lowest BCUT2D eigenvalue weighted by Crippen LogP contribution is -1.97. The van der Waals surface area contributed by atoms with Crippen molar-refractivity contribution in [2.24, 2.45) is 0 Å². The molecule has 0 aliphatic rings. The van der Waals surface area contributed by atoms with E-state index in [1.807, 2.05) is 30.6 Å². The summed E-state index contributed by atoms with van der Waals surface area (Å²) < 4.78 is 31.0. The lowest BCUT2D eigenvalue weighted by atomic mass is 10.3. The molecule has 1 aromatic heterocycles. The number of aromatic nitrogens is 2. The second kappa shape index (κ2) is 4.87. The van der Waals surface area contributed by atoms with Crippen LogP contribution in [0.15, 0.2) is 30.6 Å². The first-order valence-corrected chi connectivity index (χ1v) is 5.31. The van der Waals surface area contributed by atoms with E-state index < -0.39 is 10.4 Å². The summed E-state index contributed by atoms with van der Waals surface area (Å²) >= 11 is 0. The molecule has 0 unspecified atom stereocenters. The normalized spacial score (nSPS) is 10.8. The maximum atomic E-state index is 9.22. The first-order chi connectivity index (χ1) is 7.03. The van der Waals surface area contributed by atoms with Gasteiger partial charge in [-0.3, -0.25) is 4.18 Å². The van der Waals surface area contributed by atoms with Crippen molar-refractivity contribution in [3.8, 4) is 0 Å². The van der Waals surface area contributed by atoms with E-state index >= 15 is 0 Å². The van der Waals surface area contributed by atoms with Gasteiger partial charge in [-0.05, 0) is 12.1 Å². The molecule has 2 rings (SSSR count). The van der Waals surface area contributed by atoms with Crippen molar-refractivity contribution >= 4 is 21.4 Å². The van der Waals surface area contributed by atoms with Gasteiger partial charge in [0.2, 0.25) is 16.7 Å². The number of fused-ring (bicyclic) bond motifs is 1. The van der Waals surface area contributed by atoms with Gasteiger partial charge in [0.1, 0.15) is 0 Å². The van der Waals surface area contributed by atoms with Gasteiger partial charge in [0, 0.05) is 0 Å². The number of H-pyrrole nitrogens is 2. The summed E-state index contributed by atoms with van der Waals surface area (Å²) in [6.07, 6.45) is 1.82. The van der Waals surface area contributed by atoms with Crippen LogP contribution in [0.1, 0.15) is 0 Å². The van der Waals surface area contributed by atoms with Crippen LogP contribution in [0.4, 0.5) is 0 Å². The van der Waals surface area contributed by atoms with Crippen LogP contribution < -0.4 is 4.98 Å². The van der Waals surface area contributed by atoms with Gasteiger partial charge in [-0.2, -0.15) is 0 Å². The van der Waals surface area contributed by atoms with Gasteiger partial charge >= 0.3 is 0 Å². The Morgan fingerprint density at radius 3 is 2.53 bits per heavy atom. The molecule has 6 nitrogen and oxygen atoms in total. The van der Waals surface area contributed by atoms with Crippen LogP contribution in [0, 0.1) is 0 Å². The Balaban J connectivity index is 0.000000167. The van der Waals surface area contributed by atoms with E-state index in [0.717, 1.165) is 18.1 Å². The SMILES string of the molecule is COS(=O)(=O)[O-].c1ccc2[nH+]c[nH]c2c1. The van der Waals surface area contributed by atoms with Crippen molar-refractivity contribution in [2.75, 3.05) is 7.11 Å². The number of hydrogen-bond donors (Lipinski definition) is 1. The van der Waals surface area contributed by atoms with Crippen LogP contribution in [0.3, 0.4) is 0 Å². The highest BCUT2D eigenvalue weighted by Gasteiger charge is 1.95. The second-order valence-electron chi connectivity index (χ2n) is 2.55. The lowest BCUT2D eigenvalue weighted by Gasteiger charge is -1.98. The van der Waals surface area contributed by atoms with Crippen molar-refractivity contribution < 1.29 is 22.1 Å². The van der Waals surface area contributed by atoms with Crippen molar-refractivity contribution in [1.82, 2.24) is 4.98 Å². The summed E-state index contributed by atoms with van der Waals surface area (Å²) in [7, 11) is -3.60. The number of aromatic amines is 2. The van der Waals surface area contributed by atoms with E-state index in [1.54, 1.807) is 0 Å². The van der Waals surface area contributed by atoms with Crippen LogP contribution in [-0.2, 0) is 14.6 Å². The molecule has 0 bridgehead atoms. The average Bonchev–Trinajstić information content (AvgIpc) is 2.65. The van der Waals surface area contributed by atoms with Crippen LogP contribution in [0.25, 0.3) is 11.0 Å². The molecule has 0 atom stereocenters. The topological polar surface area (TPSA) is 96.4 Å². The monoisotopic (exact) mass is 230 g/mol. The molecule has 1 aromatic carbocycles. The Kier molecular flexibility index (Phi) is 3.78. The predicted molar refractivity (Wildman–Crippen MR) is 51.6 cm³/mol. The van der Waals surface area contributed by atoms with E-state index in [1.165, 1.54) is 0 Å². The molecule has 2 N–H and O–H groups in total. The summed E-state index contributed by atoms with van der Waals surface area (Å²) in [5.41, 5.74) is 2.30. The first kappa shape index (κ1) is 11.6. The molecule has 0 aliphatic carbocycles. The Morgan fingerprint density at radius 1 is 1.40 bits per heavy atom. The Hall–Kier alpha value is -1.44. The summed E-state index contributed by atoms with van der Waals surface area (Å²) in [5, 5.41) is 0. The molecule has 1 heterocycles. The molecular formula is C8H10N2O4S. The predicted octanol–water partition coefficient (Wildman–Crippen LogP) is 0.0750. The summed E-state index contributed by atoms with van der Waals surface area (Å²) in [4.78, 5) is 6.13. The smallest absolute Gasteiger partial charge is 0.240 e. The molecule has 0 saturated heterocycles. The molecular weight excluding hydrogens is 220 g/mol. The largest absolute Gasteiger partial charge is 0.726 e. The molecule has 0 fully saturated rings. The zero-order valence-corrected chi connectivity index (χ0v) is 8.74. The third-order valence-corrected chi connectivity index (χ3v) is 1.99. The number of nitrogens with one attached hydrogen (secondary N) is 2. The van der Waals surface area contributed by atoms with E-state index in [-0.39, 0.29) is 0 Å². The molecule has 0 radical (unpaired) electrons. The molecule has 0 saturated carbocycles. The third kappa shape index (κ3) is 4.07. The van der Waals surface area contributed by atoms with Gasteiger partial charge in [-0.25, -0.2) is 18.4 Å². The molecule has 0 amide bonds. The number of rotatable bonds is 1. The maximum absolute atomic E-state index is 9.22. The number of imidazole rings is 1. The molecule has 82 valence electrons. The zero-order chi connectivity index (χ0) is 11.3. The van der Waals surface area contributed by atoms with Gasteiger partial charge in [0.25, 0.3) is 0 Å². The minimum absolute atomic E-state index is 0.808. The average molecular weight is 230 g/mol. The molecule has 2 aromatic rings. The molecule has 0 spiro atoms. The van der Waals surface area contributed by atoms with E-state index in [2.05, 4.69) is 14.2 Å². The van der Waals surface area contributed by atoms with Gasteiger partial charge in [0.05, 0.1) is 7.11 Å². The van der Waals surface area contributed by atoms with Gasteiger partial charge in [-0.1, -0.05) is 12.1 Å². The summed E-state index contributed by atoms with van der Waals surface area (Å²) in [6, 6.07) is 8.08.